The lowest BCUT2D eigenvalue weighted by molar-refractivity contribution is 0.547. The molecule has 17 heavy (non-hydrogen) atoms. The van der Waals surface area contributed by atoms with Crippen molar-refractivity contribution in [2.24, 2.45) is 5.92 Å². The van der Waals surface area contributed by atoms with Crippen LogP contribution < -0.4 is 4.90 Å². The van der Waals surface area contributed by atoms with Crippen LogP contribution in [0, 0.1) is 12.8 Å². The van der Waals surface area contributed by atoms with Crippen molar-refractivity contribution in [1.82, 2.24) is 0 Å². The van der Waals surface area contributed by atoms with Gasteiger partial charge in [-0.1, -0.05) is 32.4 Å². The molecule has 96 valence electrons. The van der Waals surface area contributed by atoms with Crippen LogP contribution in [0.25, 0.3) is 0 Å². The minimum Gasteiger partial charge on any atom is -0.371 e. The number of benzene rings is 1. The molecule has 0 aliphatic carbocycles. The van der Waals surface area contributed by atoms with Gasteiger partial charge in [-0.3, -0.25) is 0 Å². The largest absolute Gasteiger partial charge is 0.371 e. The van der Waals surface area contributed by atoms with E-state index in [0.29, 0.717) is 5.88 Å². The third kappa shape index (κ3) is 3.92. The van der Waals surface area contributed by atoms with Crippen LogP contribution in [-0.2, 0) is 5.88 Å². The summed E-state index contributed by atoms with van der Waals surface area (Å²) in [5.74, 6) is 1.33. The Balaban J connectivity index is 2.88. The first kappa shape index (κ1) is 14.4. The van der Waals surface area contributed by atoms with E-state index in [4.69, 9.17) is 11.6 Å². The molecule has 2 heteroatoms. The Morgan fingerprint density at radius 3 is 2.47 bits per heavy atom. The van der Waals surface area contributed by atoms with Gasteiger partial charge in [0, 0.05) is 24.7 Å². The molecule has 1 atom stereocenters. The normalized spacial score (nSPS) is 12.5. The first-order valence-corrected chi connectivity index (χ1v) is 7.06. The highest BCUT2D eigenvalue weighted by atomic mass is 35.5. The summed E-state index contributed by atoms with van der Waals surface area (Å²) < 4.78 is 0. The summed E-state index contributed by atoms with van der Waals surface area (Å²) >= 11 is 5.86. The Bertz CT molecular complexity index is 349. The van der Waals surface area contributed by atoms with E-state index in [1.165, 1.54) is 23.2 Å². The van der Waals surface area contributed by atoms with E-state index in [1.54, 1.807) is 0 Å². The fourth-order valence-corrected chi connectivity index (χ4v) is 2.22. The predicted molar refractivity (Wildman–Crippen MR) is 78.1 cm³/mol. The second kappa shape index (κ2) is 6.90. The Morgan fingerprint density at radius 2 is 2.00 bits per heavy atom. The Labute approximate surface area is 111 Å². The molecular weight excluding hydrogens is 230 g/mol. The summed E-state index contributed by atoms with van der Waals surface area (Å²) in [4.78, 5) is 2.46. The van der Waals surface area contributed by atoms with Crippen molar-refractivity contribution in [2.75, 3.05) is 18.0 Å². The van der Waals surface area contributed by atoms with Gasteiger partial charge in [-0.15, -0.1) is 11.6 Å². The fraction of sp³-hybridized carbons (Fsp3) is 0.600. The summed E-state index contributed by atoms with van der Waals surface area (Å²) in [7, 11) is 0. The lowest BCUT2D eigenvalue weighted by Gasteiger charge is -2.28. The standard InChI is InChI=1S/C15H24ClN/c1-5-12(3)11-17(6-2)15-8-7-14(10-16)9-13(15)4/h7-9,12H,5-6,10-11H2,1-4H3. The Hall–Kier alpha value is -0.690. The van der Waals surface area contributed by atoms with Gasteiger partial charge in [-0.05, 0) is 37.0 Å². The quantitative estimate of drug-likeness (QED) is 0.670. The highest BCUT2D eigenvalue weighted by Gasteiger charge is 2.10. The van der Waals surface area contributed by atoms with E-state index in [-0.39, 0.29) is 0 Å². The van der Waals surface area contributed by atoms with Crippen molar-refractivity contribution >= 4 is 17.3 Å². The molecule has 0 saturated heterocycles. The molecule has 0 aliphatic heterocycles. The number of rotatable bonds is 6. The fourth-order valence-electron chi connectivity index (χ4n) is 2.06. The number of hydrogen-bond acceptors (Lipinski definition) is 1. The van der Waals surface area contributed by atoms with Crippen molar-refractivity contribution < 1.29 is 0 Å². The summed E-state index contributed by atoms with van der Waals surface area (Å²) in [6, 6.07) is 6.54. The van der Waals surface area contributed by atoms with E-state index >= 15 is 0 Å². The molecule has 0 bridgehead atoms. The van der Waals surface area contributed by atoms with Gasteiger partial charge in [0.2, 0.25) is 0 Å². The molecule has 0 amide bonds. The molecular formula is C15H24ClN. The lowest BCUT2D eigenvalue weighted by atomic mass is 10.1. The first-order valence-electron chi connectivity index (χ1n) is 6.52. The highest BCUT2D eigenvalue weighted by Crippen LogP contribution is 2.23. The summed E-state index contributed by atoms with van der Waals surface area (Å²) in [5.41, 5.74) is 3.88. The molecule has 0 N–H and O–H groups in total. The number of alkyl halides is 1. The minimum atomic E-state index is 0.596. The van der Waals surface area contributed by atoms with Crippen LogP contribution in [0.1, 0.15) is 38.3 Å². The Morgan fingerprint density at radius 1 is 1.29 bits per heavy atom. The van der Waals surface area contributed by atoms with Gasteiger partial charge in [0.1, 0.15) is 0 Å². The number of anilines is 1. The van der Waals surface area contributed by atoms with Gasteiger partial charge in [0.25, 0.3) is 0 Å². The van der Waals surface area contributed by atoms with E-state index in [2.05, 4.69) is 50.8 Å². The zero-order valence-corrected chi connectivity index (χ0v) is 12.2. The van der Waals surface area contributed by atoms with E-state index in [0.717, 1.165) is 19.0 Å². The molecule has 0 saturated carbocycles. The SMILES string of the molecule is CCC(C)CN(CC)c1ccc(CCl)cc1C. The molecule has 0 heterocycles. The second-order valence-electron chi connectivity index (χ2n) is 4.81. The van der Waals surface area contributed by atoms with Crippen LogP contribution in [0.4, 0.5) is 5.69 Å². The number of halogens is 1. The zero-order chi connectivity index (χ0) is 12.8. The van der Waals surface area contributed by atoms with Crippen molar-refractivity contribution in [3.63, 3.8) is 0 Å². The van der Waals surface area contributed by atoms with Crippen LogP contribution >= 0.6 is 11.6 Å². The minimum absolute atomic E-state index is 0.596. The molecule has 1 rings (SSSR count). The molecule has 0 radical (unpaired) electrons. The first-order chi connectivity index (χ1) is 8.12. The number of hydrogen-bond donors (Lipinski definition) is 0. The number of nitrogens with zero attached hydrogens (tertiary/aromatic N) is 1. The highest BCUT2D eigenvalue weighted by molar-refractivity contribution is 6.17. The van der Waals surface area contributed by atoms with Crippen molar-refractivity contribution in [1.29, 1.82) is 0 Å². The summed E-state index contributed by atoms with van der Waals surface area (Å²) in [6.07, 6.45) is 1.23. The topological polar surface area (TPSA) is 3.24 Å². The van der Waals surface area contributed by atoms with Crippen LogP contribution in [0.2, 0.25) is 0 Å². The molecule has 1 aromatic carbocycles. The Kier molecular flexibility index (Phi) is 5.84. The summed E-state index contributed by atoms with van der Waals surface area (Å²) in [5, 5.41) is 0. The van der Waals surface area contributed by atoms with Crippen LogP contribution in [0.5, 0.6) is 0 Å². The van der Waals surface area contributed by atoms with Crippen LogP contribution in [0.15, 0.2) is 18.2 Å². The predicted octanol–water partition coefficient (Wildman–Crippen LogP) is 4.61. The van der Waals surface area contributed by atoms with Crippen molar-refractivity contribution in [3.05, 3.63) is 29.3 Å². The lowest BCUT2D eigenvalue weighted by Crippen LogP contribution is -2.28. The van der Waals surface area contributed by atoms with E-state index in [1.807, 2.05) is 0 Å². The van der Waals surface area contributed by atoms with Gasteiger partial charge in [0.15, 0.2) is 0 Å². The monoisotopic (exact) mass is 253 g/mol. The van der Waals surface area contributed by atoms with Crippen LogP contribution in [0.3, 0.4) is 0 Å². The zero-order valence-electron chi connectivity index (χ0n) is 11.5. The maximum absolute atomic E-state index is 5.86. The average Bonchev–Trinajstić information content (AvgIpc) is 2.35. The van der Waals surface area contributed by atoms with Gasteiger partial charge in [-0.25, -0.2) is 0 Å². The molecule has 0 aromatic heterocycles. The second-order valence-corrected chi connectivity index (χ2v) is 5.07. The molecule has 1 aromatic rings. The van der Waals surface area contributed by atoms with E-state index < -0.39 is 0 Å². The maximum atomic E-state index is 5.86. The average molecular weight is 254 g/mol. The van der Waals surface area contributed by atoms with Crippen LogP contribution in [-0.4, -0.2) is 13.1 Å². The van der Waals surface area contributed by atoms with Gasteiger partial charge in [0.05, 0.1) is 0 Å². The molecule has 0 fully saturated rings. The van der Waals surface area contributed by atoms with Gasteiger partial charge >= 0.3 is 0 Å². The molecule has 1 unspecified atom stereocenters. The third-order valence-corrected chi connectivity index (χ3v) is 3.68. The van der Waals surface area contributed by atoms with Gasteiger partial charge in [-0.2, -0.15) is 0 Å². The number of aryl methyl sites for hydroxylation is 1. The molecule has 0 aliphatic rings. The third-order valence-electron chi connectivity index (χ3n) is 3.37. The molecule has 0 spiro atoms. The van der Waals surface area contributed by atoms with Crippen molar-refractivity contribution in [2.45, 2.75) is 40.0 Å². The summed E-state index contributed by atoms with van der Waals surface area (Å²) in [6.45, 7) is 11.1. The maximum Gasteiger partial charge on any atom is 0.0474 e. The van der Waals surface area contributed by atoms with E-state index in [9.17, 15) is 0 Å². The smallest absolute Gasteiger partial charge is 0.0474 e. The van der Waals surface area contributed by atoms with Crippen molar-refractivity contribution in [3.8, 4) is 0 Å². The van der Waals surface area contributed by atoms with Gasteiger partial charge < -0.3 is 4.90 Å². The molecule has 1 nitrogen and oxygen atoms in total.